The first-order valence-electron chi connectivity index (χ1n) is 4.82. The van der Waals surface area contributed by atoms with E-state index in [0.717, 1.165) is 12.8 Å². The van der Waals surface area contributed by atoms with Crippen LogP contribution in [-0.2, 0) is 4.74 Å². The largest absolute Gasteiger partial charge is 0.389 e. The summed E-state index contributed by atoms with van der Waals surface area (Å²) in [5.41, 5.74) is 4.62. The van der Waals surface area contributed by atoms with Crippen LogP contribution in [0.1, 0.15) is 26.2 Å². The number of aliphatic hydroxyl groups is 1. The van der Waals surface area contributed by atoms with E-state index in [0.29, 0.717) is 13.0 Å². The lowest BCUT2D eigenvalue weighted by molar-refractivity contribution is -0.0401. The van der Waals surface area contributed by atoms with Gasteiger partial charge in [0, 0.05) is 5.92 Å². The van der Waals surface area contributed by atoms with Gasteiger partial charge in [-0.25, -0.2) is 0 Å². The van der Waals surface area contributed by atoms with Gasteiger partial charge >= 0.3 is 0 Å². The Morgan fingerprint density at radius 3 is 3.08 bits per heavy atom. The van der Waals surface area contributed by atoms with Crippen molar-refractivity contribution in [1.29, 1.82) is 0 Å². The summed E-state index contributed by atoms with van der Waals surface area (Å²) in [4.78, 5) is 0. The standard InChI is InChI=1S/C10H19NO2/c1-10(12)6-4-2-3-5-9(10)7-13-8-11/h2,4,9,12H,3,5-8,11H2,1H3. The number of ether oxygens (including phenoxy) is 1. The van der Waals surface area contributed by atoms with Crippen molar-refractivity contribution in [3.63, 3.8) is 0 Å². The Bertz CT molecular complexity index is 178. The first kappa shape index (κ1) is 10.7. The Balaban J connectivity index is 2.49. The van der Waals surface area contributed by atoms with Crippen molar-refractivity contribution < 1.29 is 9.84 Å². The van der Waals surface area contributed by atoms with Crippen LogP contribution in [0.3, 0.4) is 0 Å². The molecule has 0 saturated carbocycles. The zero-order valence-corrected chi connectivity index (χ0v) is 8.20. The predicted molar refractivity (Wildman–Crippen MR) is 52.1 cm³/mol. The van der Waals surface area contributed by atoms with Crippen molar-refractivity contribution in [2.45, 2.75) is 31.8 Å². The van der Waals surface area contributed by atoms with Gasteiger partial charge in [-0.05, 0) is 26.2 Å². The van der Waals surface area contributed by atoms with Gasteiger partial charge in [-0.2, -0.15) is 0 Å². The molecule has 1 aliphatic rings. The van der Waals surface area contributed by atoms with Crippen LogP contribution >= 0.6 is 0 Å². The minimum Gasteiger partial charge on any atom is -0.389 e. The van der Waals surface area contributed by atoms with E-state index in [9.17, 15) is 5.11 Å². The molecule has 0 radical (unpaired) electrons. The number of nitrogens with two attached hydrogens (primary N) is 1. The molecule has 0 aromatic heterocycles. The van der Waals surface area contributed by atoms with E-state index in [-0.39, 0.29) is 12.6 Å². The molecule has 13 heavy (non-hydrogen) atoms. The number of allylic oxidation sites excluding steroid dienone is 1. The van der Waals surface area contributed by atoms with Crippen molar-refractivity contribution >= 4 is 0 Å². The molecule has 76 valence electrons. The lowest BCUT2D eigenvalue weighted by Crippen LogP contribution is -2.36. The summed E-state index contributed by atoms with van der Waals surface area (Å²) in [5, 5.41) is 10.1. The Hall–Kier alpha value is -0.380. The molecule has 0 bridgehead atoms. The Morgan fingerprint density at radius 2 is 2.38 bits per heavy atom. The SMILES string of the molecule is CC1(O)CC=CCCC1COCN. The van der Waals surface area contributed by atoms with E-state index < -0.39 is 5.60 Å². The first-order chi connectivity index (χ1) is 6.17. The van der Waals surface area contributed by atoms with E-state index in [1.165, 1.54) is 0 Å². The highest BCUT2D eigenvalue weighted by atomic mass is 16.5. The molecule has 1 aliphatic carbocycles. The van der Waals surface area contributed by atoms with Gasteiger partial charge in [-0.1, -0.05) is 12.2 Å². The van der Waals surface area contributed by atoms with Gasteiger partial charge in [-0.3, -0.25) is 0 Å². The van der Waals surface area contributed by atoms with E-state index in [2.05, 4.69) is 6.08 Å². The molecule has 3 N–H and O–H groups in total. The minimum absolute atomic E-state index is 0.200. The summed E-state index contributed by atoms with van der Waals surface area (Å²) >= 11 is 0. The smallest absolute Gasteiger partial charge is 0.0940 e. The lowest BCUT2D eigenvalue weighted by atomic mass is 9.85. The average molecular weight is 185 g/mol. The highest BCUT2D eigenvalue weighted by Gasteiger charge is 2.31. The van der Waals surface area contributed by atoms with Crippen molar-refractivity contribution in [2.24, 2.45) is 11.7 Å². The van der Waals surface area contributed by atoms with Crippen LogP contribution in [0.25, 0.3) is 0 Å². The third-order valence-corrected chi connectivity index (χ3v) is 2.70. The van der Waals surface area contributed by atoms with Crippen LogP contribution in [0.2, 0.25) is 0 Å². The van der Waals surface area contributed by atoms with Crippen molar-refractivity contribution in [3.05, 3.63) is 12.2 Å². The maximum absolute atomic E-state index is 10.1. The zero-order chi connectivity index (χ0) is 9.73. The van der Waals surface area contributed by atoms with Gasteiger partial charge < -0.3 is 15.6 Å². The molecular weight excluding hydrogens is 166 g/mol. The third kappa shape index (κ3) is 3.10. The molecule has 0 heterocycles. The van der Waals surface area contributed by atoms with Crippen molar-refractivity contribution in [2.75, 3.05) is 13.3 Å². The van der Waals surface area contributed by atoms with Crippen LogP contribution in [0.15, 0.2) is 12.2 Å². The fourth-order valence-corrected chi connectivity index (χ4v) is 1.69. The second-order valence-electron chi connectivity index (χ2n) is 3.84. The molecule has 2 atom stereocenters. The normalized spacial score (nSPS) is 34.5. The maximum atomic E-state index is 10.1. The molecule has 2 unspecified atom stereocenters. The van der Waals surface area contributed by atoms with Crippen LogP contribution < -0.4 is 5.73 Å². The molecular formula is C10H19NO2. The number of hydrogen-bond acceptors (Lipinski definition) is 3. The van der Waals surface area contributed by atoms with Gasteiger partial charge in [0.05, 0.1) is 18.9 Å². The van der Waals surface area contributed by atoms with Gasteiger partial charge in [0.2, 0.25) is 0 Å². The summed E-state index contributed by atoms with van der Waals surface area (Å²) in [6, 6.07) is 0. The monoisotopic (exact) mass is 185 g/mol. The van der Waals surface area contributed by atoms with E-state index in [1.54, 1.807) is 0 Å². The quantitative estimate of drug-likeness (QED) is 0.510. The second-order valence-corrected chi connectivity index (χ2v) is 3.84. The molecule has 0 amide bonds. The topological polar surface area (TPSA) is 55.5 Å². The van der Waals surface area contributed by atoms with Crippen molar-refractivity contribution in [3.8, 4) is 0 Å². The molecule has 3 nitrogen and oxygen atoms in total. The number of rotatable bonds is 3. The predicted octanol–water partition coefficient (Wildman–Crippen LogP) is 1.03. The molecule has 0 spiro atoms. The molecule has 0 aliphatic heterocycles. The van der Waals surface area contributed by atoms with Gasteiger partial charge in [-0.15, -0.1) is 0 Å². The second kappa shape index (κ2) is 4.74. The van der Waals surface area contributed by atoms with Gasteiger partial charge in [0.15, 0.2) is 0 Å². The van der Waals surface area contributed by atoms with E-state index in [4.69, 9.17) is 10.5 Å². The summed E-state index contributed by atoms with van der Waals surface area (Å²) in [5.74, 6) is 0.200. The summed E-state index contributed by atoms with van der Waals surface area (Å²) in [6.07, 6.45) is 6.88. The van der Waals surface area contributed by atoms with Crippen LogP contribution in [-0.4, -0.2) is 24.0 Å². The molecule has 1 rings (SSSR count). The molecule has 0 aromatic rings. The average Bonchev–Trinajstić information content (AvgIpc) is 2.23. The molecule has 0 aromatic carbocycles. The zero-order valence-electron chi connectivity index (χ0n) is 8.20. The van der Waals surface area contributed by atoms with E-state index >= 15 is 0 Å². The van der Waals surface area contributed by atoms with E-state index in [1.807, 2.05) is 13.0 Å². The molecule has 3 heteroatoms. The molecule has 0 saturated heterocycles. The highest BCUT2D eigenvalue weighted by molar-refractivity contribution is 4.97. The summed E-state index contributed by atoms with van der Waals surface area (Å²) in [7, 11) is 0. The number of hydrogen-bond donors (Lipinski definition) is 2. The first-order valence-corrected chi connectivity index (χ1v) is 4.82. The van der Waals surface area contributed by atoms with Crippen LogP contribution in [0.5, 0.6) is 0 Å². The highest BCUT2D eigenvalue weighted by Crippen LogP contribution is 2.29. The lowest BCUT2D eigenvalue weighted by Gasteiger charge is -2.30. The Labute approximate surface area is 79.6 Å². The van der Waals surface area contributed by atoms with Gasteiger partial charge in [0.1, 0.15) is 0 Å². The maximum Gasteiger partial charge on any atom is 0.0940 e. The molecule has 0 fully saturated rings. The van der Waals surface area contributed by atoms with Crippen molar-refractivity contribution in [1.82, 2.24) is 0 Å². The fraction of sp³-hybridized carbons (Fsp3) is 0.800. The fourth-order valence-electron chi connectivity index (χ4n) is 1.69. The van der Waals surface area contributed by atoms with Crippen LogP contribution in [0, 0.1) is 5.92 Å². The van der Waals surface area contributed by atoms with Gasteiger partial charge in [0.25, 0.3) is 0 Å². The Morgan fingerprint density at radius 1 is 1.62 bits per heavy atom. The summed E-state index contributed by atoms with van der Waals surface area (Å²) in [6.45, 7) is 2.67. The summed E-state index contributed by atoms with van der Waals surface area (Å²) < 4.78 is 5.15. The minimum atomic E-state index is -0.637. The Kier molecular flexibility index (Phi) is 3.90. The van der Waals surface area contributed by atoms with Crippen LogP contribution in [0.4, 0.5) is 0 Å². The third-order valence-electron chi connectivity index (χ3n) is 2.70.